The zero-order chi connectivity index (χ0) is 17.6. The molecule has 2 N–H and O–H groups in total. The van der Waals surface area contributed by atoms with E-state index in [0.29, 0.717) is 23.9 Å². The molecule has 8 heteroatoms. The summed E-state index contributed by atoms with van der Waals surface area (Å²) in [6.45, 7) is 1.01. The molecule has 24 heavy (non-hydrogen) atoms. The Kier molecular flexibility index (Phi) is 6.42. The molecule has 1 aromatic carbocycles. The van der Waals surface area contributed by atoms with Crippen molar-refractivity contribution >= 4 is 23.4 Å². The Morgan fingerprint density at radius 1 is 1.38 bits per heavy atom. The van der Waals surface area contributed by atoms with E-state index in [-0.39, 0.29) is 32.1 Å². The molecule has 1 aliphatic rings. The van der Waals surface area contributed by atoms with Crippen LogP contribution in [0.4, 0.5) is 0 Å². The van der Waals surface area contributed by atoms with Gasteiger partial charge in [-0.25, -0.2) is 0 Å². The number of primary amides is 1. The first-order valence-corrected chi connectivity index (χ1v) is 7.89. The highest BCUT2D eigenvalue weighted by molar-refractivity contribution is 6.30. The van der Waals surface area contributed by atoms with Gasteiger partial charge in [-0.3, -0.25) is 9.59 Å². The number of benzene rings is 1. The first-order valence-electron chi connectivity index (χ1n) is 7.51. The second-order valence-corrected chi connectivity index (χ2v) is 6.10. The number of halogens is 1. The third kappa shape index (κ3) is 5.09. The van der Waals surface area contributed by atoms with Crippen LogP contribution in [0.5, 0.6) is 5.75 Å². The summed E-state index contributed by atoms with van der Waals surface area (Å²) >= 11 is 5.84. The SMILES string of the molecule is COCC(=O)N1CCO[C@](COc2ccc(Cl)cc2)(CC(N)=O)C1. The van der Waals surface area contributed by atoms with E-state index < -0.39 is 11.5 Å². The molecule has 0 aliphatic carbocycles. The summed E-state index contributed by atoms with van der Waals surface area (Å²) in [7, 11) is 1.46. The van der Waals surface area contributed by atoms with E-state index in [4.69, 9.17) is 31.5 Å². The van der Waals surface area contributed by atoms with Crippen molar-refractivity contribution < 1.29 is 23.8 Å². The molecule has 0 radical (unpaired) electrons. The van der Waals surface area contributed by atoms with Crippen LogP contribution in [0.15, 0.2) is 24.3 Å². The Hall–Kier alpha value is -1.83. The molecule has 132 valence electrons. The maximum Gasteiger partial charge on any atom is 0.248 e. The van der Waals surface area contributed by atoms with Gasteiger partial charge < -0.3 is 24.8 Å². The van der Waals surface area contributed by atoms with Crippen LogP contribution in [0.1, 0.15) is 6.42 Å². The van der Waals surface area contributed by atoms with Gasteiger partial charge in [0.2, 0.25) is 11.8 Å². The van der Waals surface area contributed by atoms with Gasteiger partial charge in [-0.2, -0.15) is 0 Å². The minimum atomic E-state index is -0.979. The lowest BCUT2D eigenvalue weighted by atomic mass is 9.97. The summed E-state index contributed by atoms with van der Waals surface area (Å²) in [6, 6.07) is 6.84. The largest absolute Gasteiger partial charge is 0.490 e. The maximum atomic E-state index is 12.1. The number of rotatable bonds is 7. The van der Waals surface area contributed by atoms with E-state index >= 15 is 0 Å². The number of carbonyl (C=O) groups excluding carboxylic acids is 2. The Morgan fingerprint density at radius 2 is 2.08 bits per heavy atom. The molecule has 2 rings (SSSR count). The minimum absolute atomic E-state index is 0.0231. The molecular weight excluding hydrogens is 336 g/mol. The van der Waals surface area contributed by atoms with E-state index in [2.05, 4.69) is 0 Å². The first kappa shape index (κ1) is 18.5. The standard InChI is InChI=1S/C16H21ClN2O5/c1-22-9-15(21)19-6-7-24-16(10-19,8-14(18)20)11-23-13-4-2-12(17)3-5-13/h2-5H,6-11H2,1H3,(H2,18,20)/t16-/m1/s1. The van der Waals surface area contributed by atoms with Gasteiger partial charge >= 0.3 is 0 Å². The lowest BCUT2D eigenvalue weighted by molar-refractivity contribution is -0.164. The molecule has 2 amide bonds. The molecule has 7 nitrogen and oxygen atoms in total. The quantitative estimate of drug-likeness (QED) is 0.781. The fraction of sp³-hybridized carbons (Fsp3) is 0.500. The van der Waals surface area contributed by atoms with Gasteiger partial charge in [0.15, 0.2) is 0 Å². The minimum Gasteiger partial charge on any atom is -0.490 e. The molecule has 1 heterocycles. The van der Waals surface area contributed by atoms with Crippen molar-refractivity contribution in [2.45, 2.75) is 12.0 Å². The van der Waals surface area contributed by atoms with Gasteiger partial charge in [-0.15, -0.1) is 0 Å². The second-order valence-electron chi connectivity index (χ2n) is 5.67. The van der Waals surface area contributed by atoms with Crippen molar-refractivity contribution in [2.24, 2.45) is 5.73 Å². The predicted molar refractivity (Wildman–Crippen MR) is 87.9 cm³/mol. The summed E-state index contributed by atoms with van der Waals surface area (Å²) in [5.74, 6) is -0.0935. The zero-order valence-corrected chi connectivity index (χ0v) is 14.3. The average molecular weight is 357 g/mol. The molecule has 1 fully saturated rings. The molecule has 0 aromatic heterocycles. The first-order chi connectivity index (χ1) is 11.4. The van der Waals surface area contributed by atoms with Crippen molar-refractivity contribution in [1.29, 1.82) is 0 Å². The molecule has 1 aliphatic heterocycles. The molecule has 1 saturated heterocycles. The van der Waals surface area contributed by atoms with E-state index in [9.17, 15) is 9.59 Å². The maximum absolute atomic E-state index is 12.1. The topological polar surface area (TPSA) is 91.1 Å². The van der Waals surface area contributed by atoms with Crippen LogP contribution in [0.3, 0.4) is 0 Å². The van der Waals surface area contributed by atoms with Crippen LogP contribution in [0, 0.1) is 0 Å². The Balaban J connectivity index is 2.08. The molecule has 1 aromatic rings. The highest BCUT2D eigenvalue weighted by atomic mass is 35.5. The third-order valence-electron chi connectivity index (χ3n) is 3.68. The molecular formula is C16H21ClN2O5. The van der Waals surface area contributed by atoms with Crippen molar-refractivity contribution in [1.82, 2.24) is 4.90 Å². The van der Waals surface area contributed by atoms with Crippen LogP contribution in [-0.4, -0.2) is 62.3 Å². The van der Waals surface area contributed by atoms with Gasteiger partial charge in [0.05, 0.1) is 19.6 Å². The van der Waals surface area contributed by atoms with Gasteiger partial charge in [0, 0.05) is 18.7 Å². The summed E-state index contributed by atoms with van der Waals surface area (Å²) in [4.78, 5) is 25.1. The lowest BCUT2D eigenvalue weighted by Gasteiger charge is -2.41. The molecule has 0 spiro atoms. The zero-order valence-electron chi connectivity index (χ0n) is 13.5. The van der Waals surface area contributed by atoms with Crippen LogP contribution in [-0.2, 0) is 19.1 Å². The van der Waals surface area contributed by atoms with Gasteiger partial charge in [-0.05, 0) is 24.3 Å². The van der Waals surface area contributed by atoms with Crippen LogP contribution in [0.2, 0.25) is 5.02 Å². The van der Waals surface area contributed by atoms with Crippen molar-refractivity contribution in [3.63, 3.8) is 0 Å². The van der Waals surface area contributed by atoms with Gasteiger partial charge in [-0.1, -0.05) is 11.6 Å². The second kappa shape index (κ2) is 8.32. The third-order valence-corrected chi connectivity index (χ3v) is 3.93. The summed E-state index contributed by atoms with van der Waals surface area (Å²) in [6.07, 6.45) is -0.0443. The van der Waals surface area contributed by atoms with Crippen LogP contribution >= 0.6 is 11.6 Å². The fourth-order valence-electron chi connectivity index (χ4n) is 2.58. The number of nitrogens with two attached hydrogens (primary N) is 1. The Morgan fingerprint density at radius 3 is 2.71 bits per heavy atom. The highest BCUT2D eigenvalue weighted by Crippen LogP contribution is 2.25. The molecule has 1 atom stereocenters. The summed E-state index contributed by atoms with van der Waals surface area (Å²) < 4.78 is 16.4. The van der Waals surface area contributed by atoms with E-state index in [1.807, 2.05) is 0 Å². The van der Waals surface area contributed by atoms with E-state index in [1.54, 1.807) is 29.2 Å². The number of amides is 2. The normalized spacial score (nSPS) is 20.7. The summed E-state index contributed by atoms with van der Waals surface area (Å²) in [5, 5.41) is 0.597. The average Bonchev–Trinajstić information content (AvgIpc) is 2.54. The smallest absolute Gasteiger partial charge is 0.248 e. The monoisotopic (exact) mass is 356 g/mol. The van der Waals surface area contributed by atoms with Crippen LogP contribution < -0.4 is 10.5 Å². The number of methoxy groups -OCH3 is 1. The lowest BCUT2D eigenvalue weighted by Crippen LogP contribution is -2.58. The number of nitrogens with zero attached hydrogens (tertiary/aromatic N) is 1. The Labute approximate surface area is 145 Å². The number of ether oxygens (including phenoxy) is 3. The highest BCUT2D eigenvalue weighted by Gasteiger charge is 2.40. The predicted octanol–water partition coefficient (Wildman–Crippen LogP) is 0.838. The number of carbonyl (C=O) groups is 2. The van der Waals surface area contributed by atoms with Gasteiger partial charge in [0.1, 0.15) is 24.6 Å². The van der Waals surface area contributed by atoms with Crippen molar-refractivity contribution in [3.8, 4) is 5.75 Å². The molecule has 0 saturated carbocycles. The molecule has 0 bridgehead atoms. The van der Waals surface area contributed by atoms with Gasteiger partial charge in [0.25, 0.3) is 0 Å². The number of hydrogen-bond acceptors (Lipinski definition) is 5. The summed E-state index contributed by atoms with van der Waals surface area (Å²) in [5.41, 5.74) is 4.38. The number of morpholine rings is 1. The Bertz CT molecular complexity index is 580. The van der Waals surface area contributed by atoms with Crippen LogP contribution in [0.25, 0.3) is 0 Å². The van der Waals surface area contributed by atoms with E-state index in [1.165, 1.54) is 7.11 Å². The van der Waals surface area contributed by atoms with E-state index in [0.717, 1.165) is 0 Å². The number of hydrogen-bond donors (Lipinski definition) is 1. The fourth-order valence-corrected chi connectivity index (χ4v) is 2.71. The van der Waals surface area contributed by atoms with Crippen molar-refractivity contribution in [3.05, 3.63) is 29.3 Å². The molecule has 0 unspecified atom stereocenters. The van der Waals surface area contributed by atoms with Crippen molar-refractivity contribution in [2.75, 3.05) is 40.0 Å².